The highest BCUT2D eigenvalue weighted by molar-refractivity contribution is 7.85. The van der Waals surface area contributed by atoms with Crippen LogP contribution in [-0.4, -0.2) is 47.9 Å². The van der Waals surface area contributed by atoms with Crippen LogP contribution in [-0.2, 0) is 19.7 Å². The first-order chi connectivity index (χ1) is 14.7. The maximum Gasteiger partial charge on any atom is 0.294 e. The number of nitriles is 1. The summed E-state index contributed by atoms with van der Waals surface area (Å²) in [6.45, 7) is 1.27. The molecule has 1 aliphatic rings. The van der Waals surface area contributed by atoms with Gasteiger partial charge in [-0.1, -0.05) is 0 Å². The van der Waals surface area contributed by atoms with Gasteiger partial charge in [-0.15, -0.1) is 0 Å². The maximum absolute atomic E-state index is 12.8. The number of benzene rings is 1. The molecule has 0 saturated heterocycles. The molecule has 1 aromatic heterocycles. The molecule has 3 rings (SSSR count). The third-order valence-electron chi connectivity index (χ3n) is 4.72. The number of aliphatic hydroxyl groups is 1. The Hall–Kier alpha value is -3.52. The van der Waals surface area contributed by atoms with Gasteiger partial charge in [-0.3, -0.25) is 19.0 Å². The molecule has 0 fully saturated rings. The van der Waals surface area contributed by atoms with E-state index in [0.29, 0.717) is 11.3 Å². The molecule has 0 unspecified atom stereocenters. The second-order valence-electron chi connectivity index (χ2n) is 6.71. The smallest absolute Gasteiger partial charge is 0.294 e. The van der Waals surface area contributed by atoms with Gasteiger partial charge < -0.3 is 9.52 Å². The molecule has 9 nitrogen and oxygen atoms in total. The van der Waals surface area contributed by atoms with Crippen molar-refractivity contribution in [3.8, 4) is 17.4 Å². The fourth-order valence-corrected chi connectivity index (χ4v) is 3.56. The zero-order valence-electron chi connectivity index (χ0n) is 16.4. The summed E-state index contributed by atoms with van der Waals surface area (Å²) in [4.78, 5) is 25.9. The summed E-state index contributed by atoms with van der Waals surface area (Å²) in [6.07, 6.45) is 1.61. The largest absolute Gasteiger partial charge is 0.457 e. The van der Waals surface area contributed by atoms with E-state index >= 15 is 0 Å². The molecule has 2 amide bonds. The van der Waals surface area contributed by atoms with Crippen molar-refractivity contribution >= 4 is 28.0 Å². The number of carbonyl (C=O) groups excluding carboxylic acids is 2. The third-order valence-corrected chi connectivity index (χ3v) is 5.58. The van der Waals surface area contributed by atoms with Crippen LogP contribution in [0.5, 0.6) is 0 Å². The number of rotatable bonds is 6. The van der Waals surface area contributed by atoms with Crippen molar-refractivity contribution < 1.29 is 32.1 Å². The highest BCUT2D eigenvalue weighted by Crippen LogP contribution is 2.29. The average Bonchev–Trinajstić information content (AvgIpc) is 3.20. The first-order valence-electron chi connectivity index (χ1n) is 9.15. The topological polar surface area (TPSA) is 149 Å². The summed E-state index contributed by atoms with van der Waals surface area (Å²) in [5.74, 6) is -0.627. The van der Waals surface area contributed by atoms with Gasteiger partial charge in [0, 0.05) is 24.3 Å². The Labute approximate surface area is 178 Å². The van der Waals surface area contributed by atoms with E-state index in [9.17, 15) is 23.3 Å². The normalized spacial score (nSPS) is 16.2. The summed E-state index contributed by atoms with van der Waals surface area (Å²) >= 11 is 0. The molecule has 1 aromatic carbocycles. The summed E-state index contributed by atoms with van der Waals surface area (Å²) < 4.78 is 37.1. The van der Waals surface area contributed by atoms with Crippen LogP contribution in [0.15, 0.2) is 62.4 Å². The highest BCUT2D eigenvalue weighted by atomic mass is 32.2. The Morgan fingerprint density at radius 3 is 2.39 bits per heavy atom. The van der Waals surface area contributed by atoms with Gasteiger partial charge in [0.2, 0.25) is 0 Å². The van der Waals surface area contributed by atoms with Crippen LogP contribution >= 0.6 is 0 Å². The van der Waals surface area contributed by atoms with E-state index in [1.165, 1.54) is 37.3 Å². The predicted octanol–water partition coefficient (Wildman–Crippen LogP) is 2.17. The predicted molar refractivity (Wildman–Crippen MR) is 109 cm³/mol. The number of hydrogen-bond acceptors (Lipinski definition) is 7. The van der Waals surface area contributed by atoms with Crippen molar-refractivity contribution in [1.29, 1.82) is 5.26 Å². The number of carbonyl (C=O) groups is 2. The number of furan rings is 1. The van der Waals surface area contributed by atoms with Crippen molar-refractivity contribution in [3.05, 3.63) is 58.9 Å². The van der Waals surface area contributed by atoms with Crippen LogP contribution < -0.4 is 0 Å². The first-order valence-corrected chi connectivity index (χ1v) is 10.6. The first kappa shape index (κ1) is 22.2. The summed E-state index contributed by atoms with van der Waals surface area (Å²) in [5, 5.41) is 18.4. The third kappa shape index (κ3) is 4.49. The lowest BCUT2D eigenvalue weighted by molar-refractivity contribution is -0.140. The number of amides is 2. The van der Waals surface area contributed by atoms with E-state index in [-0.39, 0.29) is 46.9 Å². The molecule has 0 spiro atoms. The zero-order valence-corrected chi connectivity index (χ0v) is 17.2. The molecular weight excluding hydrogens is 424 g/mol. The minimum absolute atomic E-state index is 0.0204. The van der Waals surface area contributed by atoms with Gasteiger partial charge in [-0.05, 0) is 61.4 Å². The lowest BCUT2D eigenvalue weighted by Crippen LogP contribution is -2.43. The Kier molecular flexibility index (Phi) is 6.21. The second-order valence-corrected chi connectivity index (χ2v) is 8.13. The molecule has 0 atom stereocenters. The van der Waals surface area contributed by atoms with Crippen LogP contribution in [0.25, 0.3) is 17.4 Å². The van der Waals surface area contributed by atoms with Crippen LogP contribution in [0, 0.1) is 11.3 Å². The number of aliphatic hydroxyl groups excluding tert-OH is 1. The SMILES string of the molecule is CC1=C(C#N)C(=O)N(CCCO)C(=O)/C1=C/c1ccc(-c2ccc(S(=O)(=O)O)cc2)o1. The zero-order chi connectivity index (χ0) is 22.8. The van der Waals surface area contributed by atoms with Gasteiger partial charge in [-0.25, -0.2) is 0 Å². The molecule has 1 aliphatic heterocycles. The standard InChI is InChI=1S/C21H18N2O7S/c1-13-17(20(25)23(9-2-10-24)21(26)18(13)12-22)11-15-5-8-19(30-15)14-3-6-16(7-4-14)31(27,28)29/h3-8,11,24H,2,9-10H2,1H3,(H,27,28,29)/b17-11+. The van der Waals surface area contributed by atoms with Crippen LogP contribution in [0.4, 0.5) is 0 Å². The molecule has 0 aliphatic carbocycles. The molecule has 0 saturated carbocycles. The summed E-state index contributed by atoms with van der Waals surface area (Å²) in [6, 6.07) is 10.4. The van der Waals surface area contributed by atoms with E-state index in [1.807, 2.05) is 6.07 Å². The molecule has 2 N–H and O–H groups in total. The van der Waals surface area contributed by atoms with Gasteiger partial charge in [-0.2, -0.15) is 13.7 Å². The van der Waals surface area contributed by atoms with E-state index in [4.69, 9.17) is 14.1 Å². The fraction of sp³-hybridized carbons (Fsp3) is 0.190. The van der Waals surface area contributed by atoms with E-state index in [2.05, 4.69) is 0 Å². The maximum atomic E-state index is 12.8. The quantitative estimate of drug-likeness (QED) is 0.393. The van der Waals surface area contributed by atoms with Crippen LogP contribution in [0.1, 0.15) is 19.1 Å². The second kappa shape index (κ2) is 8.69. The Bertz CT molecular complexity index is 1250. The Balaban J connectivity index is 1.96. The van der Waals surface area contributed by atoms with Crippen molar-refractivity contribution in [2.45, 2.75) is 18.2 Å². The molecule has 2 heterocycles. The number of hydrogen-bond donors (Lipinski definition) is 2. The molecule has 2 aromatic rings. The van der Waals surface area contributed by atoms with Crippen LogP contribution in [0.2, 0.25) is 0 Å². The van der Waals surface area contributed by atoms with Gasteiger partial charge in [0.25, 0.3) is 21.9 Å². The monoisotopic (exact) mass is 442 g/mol. The molecule has 160 valence electrons. The number of imide groups is 1. The molecular formula is C21H18N2O7S. The van der Waals surface area contributed by atoms with Gasteiger partial charge in [0.1, 0.15) is 23.2 Å². The Morgan fingerprint density at radius 2 is 1.81 bits per heavy atom. The highest BCUT2D eigenvalue weighted by Gasteiger charge is 2.35. The van der Waals surface area contributed by atoms with Crippen molar-refractivity contribution in [1.82, 2.24) is 4.90 Å². The van der Waals surface area contributed by atoms with E-state index in [1.54, 1.807) is 12.1 Å². The van der Waals surface area contributed by atoms with E-state index < -0.39 is 21.9 Å². The van der Waals surface area contributed by atoms with Crippen LogP contribution in [0.3, 0.4) is 0 Å². The summed E-state index contributed by atoms with van der Waals surface area (Å²) in [5.41, 5.74) is 0.734. The van der Waals surface area contributed by atoms with Gasteiger partial charge >= 0.3 is 0 Å². The molecule has 10 heteroatoms. The van der Waals surface area contributed by atoms with Gasteiger partial charge in [0.15, 0.2) is 0 Å². The molecule has 0 radical (unpaired) electrons. The van der Waals surface area contributed by atoms with Crippen molar-refractivity contribution in [3.63, 3.8) is 0 Å². The lowest BCUT2D eigenvalue weighted by Gasteiger charge is -2.27. The minimum Gasteiger partial charge on any atom is -0.457 e. The minimum atomic E-state index is -4.31. The van der Waals surface area contributed by atoms with Crippen molar-refractivity contribution in [2.24, 2.45) is 0 Å². The lowest BCUT2D eigenvalue weighted by atomic mass is 9.94. The summed E-state index contributed by atoms with van der Waals surface area (Å²) in [7, 11) is -4.31. The van der Waals surface area contributed by atoms with E-state index in [0.717, 1.165) is 4.90 Å². The van der Waals surface area contributed by atoms with Gasteiger partial charge in [0.05, 0.1) is 4.90 Å². The number of nitrogens with zero attached hydrogens (tertiary/aromatic N) is 2. The average molecular weight is 442 g/mol. The molecule has 0 bridgehead atoms. The molecule has 31 heavy (non-hydrogen) atoms. The Morgan fingerprint density at radius 1 is 1.13 bits per heavy atom. The fourth-order valence-electron chi connectivity index (χ4n) is 3.08. The van der Waals surface area contributed by atoms with Crippen molar-refractivity contribution in [2.75, 3.05) is 13.2 Å².